The molecular weight excluding hydrogens is 769 g/mol. The molecule has 0 saturated heterocycles. The Labute approximate surface area is 369 Å². The standard InChI is InChI=1S/C51H82N2O8/c1-38(2)15-11-17-40(5)19-13-21-42-23-27-44(28-24-42)46(54)58-31-33-60-48(56)52-36-50(7,8)35-51(9,10)37-53-49(57)61-34-32-59-47(55)45-29-25-43(26-30-45)22-14-20-41(6)18-12-16-39(3)4/h15-16,19-20,23,25,44-45H,11-14,17-18,21-22,24,26-37H2,1-10H3,(H,52,56)(H,53,57)/b40-19+,41-20+. The largest absolute Gasteiger partial charge is 0.462 e. The van der Waals surface area contributed by atoms with Crippen LogP contribution in [-0.2, 0) is 28.5 Å². The lowest BCUT2D eigenvalue weighted by Crippen LogP contribution is -2.41. The van der Waals surface area contributed by atoms with Gasteiger partial charge in [0, 0.05) is 13.1 Å². The van der Waals surface area contributed by atoms with E-state index in [0.29, 0.717) is 32.4 Å². The van der Waals surface area contributed by atoms with E-state index in [-0.39, 0.29) is 61.0 Å². The average Bonchev–Trinajstić information content (AvgIpc) is 3.19. The van der Waals surface area contributed by atoms with Gasteiger partial charge in [-0.1, -0.05) is 97.6 Å². The highest BCUT2D eigenvalue weighted by Gasteiger charge is 2.30. The van der Waals surface area contributed by atoms with Gasteiger partial charge in [0.1, 0.15) is 26.4 Å². The van der Waals surface area contributed by atoms with Crippen LogP contribution < -0.4 is 10.6 Å². The highest BCUT2D eigenvalue weighted by molar-refractivity contribution is 5.73. The predicted molar refractivity (Wildman–Crippen MR) is 247 cm³/mol. The number of amides is 2. The smallest absolute Gasteiger partial charge is 0.407 e. The van der Waals surface area contributed by atoms with Crippen LogP contribution in [-0.4, -0.2) is 63.6 Å². The van der Waals surface area contributed by atoms with Crippen molar-refractivity contribution >= 4 is 24.1 Å². The molecule has 2 atom stereocenters. The van der Waals surface area contributed by atoms with Crippen LogP contribution in [0.5, 0.6) is 0 Å². The van der Waals surface area contributed by atoms with Gasteiger partial charge >= 0.3 is 24.1 Å². The van der Waals surface area contributed by atoms with Gasteiger partial charge in [-0.15, -0.1) is 0 Å². The molecule has 0 saturated carbocycles. The number of carbonyl (C=O) groups excluding carboxylic acids is 4. The topological polar surface area (TPSA) is 129 Å². The summed E-state index contributed by atoms with van der Waals surface area (Å²) in [6.45, 7) is 21.8. The Kier molecular flexibility index (Phi) is 24.8. The Bertz CT molecular complexity index is 1470. The zero-order chi connectivity index (χ0) is 45.3. The van der Waals surface area contributed by atoms with Gasteiger partial charge in [-0.2, -0.15) is 0 Å². The third kappa shape index (κ3) is 25.5. The van der Waals surface area contributed by atoms with Crippen molar-refractivity contribution in [1.82, 2.24) is 10.6 Å². The fourth-order valence-corrected chi connectivity index (χ4v) is 7.98. The van der Waals surface area contributed by atoms with Gasteiger partial charge in [0.15, 0.2) is 0 Å². The third-order valence-electron chi connectivity index (χ3n) is 11.3. The van der Waals surface area contributed by atoms with E-state index in [2.05, 4.69) is 88.6 Å². The number of hydrogen-bond acceptors (Lipinski definition) is 8. The van der Waals surface area contributed by atoms with Crippen LogP contribution in [0.15, 0.2) is 69.9 Å². The summed E-state index contributed by atoms with van der Waals surface area (Å²) in [5, 5.41) is 5.63. The van der Waals surface area contributed by atoms with Crippen molar-refractivity contribution in [2.75, 3.05) is 39.5 Å². The number of nitrogens with one attached hydrogen (secondary N) is 2. The highest BCUT2D eigenvalue weighted by atomic mass is 16.6. The van der Waals surface area contributed by atoms with Crippen molar-refractivity contribution in [1.29, 1.82) is 0 Å². The van der Waals surface area contributed by atoms with Gasteiger partial charge in [0.2, 0.25) is 0 Å². The third-order valence-corrected chi connectivity index (χ3v) is 11.3. The fraction of sp³-hybridized carbons (Fsp3) is 0.686. The minimum absolute atomic E-state index is 0.0174. The Morgan fingerprint density at radius 1 is 0.574 bits per heavy atom. The molecule has 0 spiro atoms. The number of hydrogen-bond donors (Lipinski definition) is 2. The summed E-state index contributed by atoms with van der Waals surface area (Å²) in [7, 11) is 0. The van der Waals surface area contributed by atoms with Crippen molar-refractivity contribution in [3.8, 4) is 0 Å². The number of carbonyl (C=O) groups is 4. The predicted octanol–water partition coefficient (Wildman–Crippen LogP) is 12.4. The second-order valence-electron chi connectivity index (χ2n) is 19.3. The van der Waals surface area contributed by atoms with Crippen molar-refractivity contribution in [3.05, 3.63) is 69.9 Å². The second kappa shape index (κ2) is 28.5. The maximum absolute atomic E-state index is 12.6. The van der Waals surface area contributed by atoms with Crippen molar-refractivity contribution in [2.24, 2.45) is 22.7 Å². The van der Waals surface area contributed by atoms with Crippen LogP contribution >= 0.6 is 0 Å². The molecule has 10 heteroatoms. The maximum Gasteiger partial charge on any atom is 0.407 e. The van der Waals surface area contributed by atoms with Gasteiger partial charge in [0.05, 0.1) is 11.8 Å². The zero-order valence-electron chi connectivity index (χ0n) is 39.7. The summed E-state index contributed by atoms with van der Waals surface area (Å²) >= 11 is 0. The quantitative estimate of drug-likeness (QED) is 0.0381. The average molecular weight is 851 g/mol. The van der Waals surface area contributed by atoms with Gasteiger partial charge < -0.3 is 29.6 Å². The van der Waals surface area contributed by atoms with E-state index >= 15 is 0 Å². The molecule has 0 aromatic carbocycles. The van der Waals surface area contributed by atoms with Crippen molar-refractivity contribution in [2.45, 2.75) is 166 Å². The molecule has 0 bridgehead atoms. The Hall–Kier alpha value is -4.08. The van der Waals surface area contributed by atoms with E-state index in [1.807, 2.05) is 27.7 Å². The molecule has 61 heavy (non-hydrogen) atoms. The first-order chi connectivity index (χ1) is 28.8. The summed E-state index contributed by atoms with van der Waals surface area (Å²) in [4.78, 5) is 50.1. The van der Waals surface area contributed by atoms with Crippen LogP contribution in [0.2, 0.25) is 0 Å². The van der Waals surface area contributed by atoms with Crippen LogP contribution in [0.3, 0.4) is 0 Å². The van der Waals surface area contributed by atoms with E-state index in [1.165, 1.54) is 33.4 Å². The molecule has 0 aromatic heterocycles. The van der Waals surface area contributed by atoms with Gasteiger partial charge in [-0.25, -0.2) is 9.59 Å². The number of alkyl carbamates (subject to hydrolysis) is 2. The van der Waals surface area contributed by atoms with Crippen LogP contribution in [0.25, 0.3) is 0 Å². The molecule has 0 fully saturated rings. The molecule has 0 aromatic rings. The van der Waals surface area contributed by atoms with E-state index in [1.54, 1.807) is 0 Å². The second-order valence-corrected chi connectivity index (χ2v) is 19.3. The van der Waals surface area contributed by atoms with Gasteiger partial charge in [0.25, 0.3) is 0 Å². The van der Waals surface area contributed by atoms with E-state index < -0.39 is 12.2 Å². The number of allylic oxidation sites excluding steroid dienone is 12. The van der Waals surface area contributed by atoms with Crippen molar-refractivity contribution in [3.63, 3.8) is 0 Å². The summed E-state index contributed by atoms with van der Waals surface area (Å²) in [5.41, 5.74) is 7.78. The molecule has 2 aliphatic rings. The van der Waals surface area contributed by atoms with Crippen LogP contribution in [0.4, 0.5) is 9.59 Å². The van der Waals surface area contributed by atoms with E-state index in [4.69, 9.17) is 18.9 Å². The molecule has 2 unspecified atom stereocenters. The summed E-state index contributed by atoms with van der Waals surface area (Å²) in [6.07, 6.45) is 26.4. The SMILES string of the molecule is CC(C)=CCC/C(C)=C/CCC1=CCC(C(=O)OCCOC(=O)NCC(C)(C)CC(C)(C)CNC(=O)OCCOC(=O)C2CC=C(CC/C=C(\C)CCC=C(C)C)CC2)CC1. The lowest BCUT2D eigenvalue weighted by atomic mass is 9.75. The molecule has 0 radical (unpaired) electrons. The first kappa shape index (κ1) is 53.1. The van der Waals surface area contributed by atoms with E-state index in [0.717, 1.165) is 77.0 Å². The highest BCUT2D eigenvalue weighted by Crippen LogP contribution is 2.33. The van der Waals surface area contributed by atoms with Crippen LogP contribution in [0, 0.1) is 22.7 Å². The fourth-order valence-electron chi connectivity index (χ4n) is 7.98. The Balaban J connectivity index is 1.55. The summed E-state index contributed by atoms with van der Waals surface area (Å²) in [6, 6.07) is 0. The van der Waals surface area contributed by atoms with Gasteiger partial charge in [-0.3, -0.25) is 9.59 Å². The van der Waals surface area contributed by atoms with Gasteiger partial charge in [-0.05, 0) is 149 Å². The molecular formula is C51H82N2O8. The number of ether oxygens (including phenoxy) is 4. The zero-order valence-corrected chi connectivity index (χ0v) is 39.7. The Morgan fingerprint density at radius 2 is 0.951 bits per heavy atom. The number of rotatable bonds is 26. The molecule has 10 nitrogen and oxygen atoms in total. The first-order valence-electron chi connectivity index (χ1n) is 22.9. The molecule has 0 heterocycles. The molecule has 2 aliphatic carbocycles. The molecule has 2 N–H and O–H groups in total. The molecule has 2 rings (SSSR count). The minimum Gasteiger partial charge on any atom is -0.462 e. The maximum atomic E-state index is 12.6. The molecule has 2 amide bonds. The summed E-state index contributed by atoms with van der Waals surface area (Å²) < 4.78 is 21.4. The number of esters is 2. The normalized spacial score (nSPS) is 17.3. The lowest BCUT2D eigenvalue weighted by molar-refractivity contribution is -0.150. The Morgan fingerprint density at radius 3 is 1.30 bits per heavy atom. The minimum atomic E-state index is -0.569. The lowest BCUT2D eigenvalue weighted by Gasteiger charge is -2.35. The molecule has 344 valence electrons. The monoisotopic (exact) mass is 851 g/mol. The van der Waals surface area contributed by atoms with E-state index in [9.17, 15) is 19.2 Å². The van der Waals surface area contributed by atoms with Crippen molar-refractivity contribution < 1.29 is 38.1 Å². The van der Waals surface area contributed by atoms with Crippen LogP contribution in [0.1, 0.15) is 166 Å². The molecule has 0 aliphatic heterocycles. The summed E-state index contributed by atoms with van der Waals surface area (Å²) in [5.74, 6) is -0.789. The first-order valence-corrected chi connectivity index (χ1v) is 22.9.